The number of carbonyl (C=O) groups excluding carboxylic acids is 1. The van der Waals surface area contributed by atoms with Crippen LogP contribution in [0, 0.1) is 0 Å². The predicted octanol–water partition coefficient (Wildman–Crippen LogP) is 3.94. The van der Waals surface area contributed by atoms with Crippen LogP contribution in [0.3, 0.4) is 0 Å². The quantitative estimate of drug-likeness (QED) is 0.411. The maximum absolute atomic E-state index is 13.2. The zero-order chi connectivity index (χ0) is 22.5. The number of aromatic nitrogens is 2. The first-order valence-corrected chi connectivity index (χ1v) is 11.7. The number of fused-ring (bicyclic) bond motifs is 1. The van der Waals surface area contributed by atoms with E-state index < -0.39 is 0 Å². The molecule has 1 N–H and O–H groups in total. The third-order valence-electron chi connectivity index (χ3n) is 5.76. The van der Waals surface area contributed by atoms with Gasteiger partial charge in [-0.2, -0.15) is 0 Å². The van der Waals surface area contributed by atoms with Gasteiger partial charge in [-0.1, -0.05) is 48.9 Å². The fourth-order valence-corrected chi connectivity index (χ4v) is 5.08. The molecule has 0 radical (unpaired) electrons. The molecule has 3 aromatic rings. The Kier molecular flexibility index (Phi) is 6.99. The maximum Gasteiger partial charge on any atom is 0.262 e. The minimum absolute atomic E-state index is 0.0217. The number of amides is 1. The molecule has 2 aromatic carbocycles. The molecule has 1 amide bonds. The highest BCUT2D eigenvalue weighted by Gasteiger charge is 2.23. The Hall–Kier alpha value is -3.00. The van der Waals surface area contributed by atoms with Crippen LogP contribution in [0.15, 0.2) is 52.4 Å². The van der Waals surface area contributed by atoms with Gasteiger partial charge in [-0.25, -0.2) is 4.98 Å². The monoisotopic (exact) mass is 453 g/mol. The third kappa shape index (κ3) is 4.60. The molecule has 0 bridgehead atoms. The molecule has 1 saturated carbocycles. The average Bonchev–Trinajstić information content (AvgIpc) is 3.35. The summed E-state index contributed by atoms with van der Waals surface area (Å²) in [7, 11) is 3.16. The van der Waals surface area contributed by atoms with E-state index in [-0.39, 0.29) is 23.3 Å². The van der Waals surface area contributed by atoms with Gasteiger partial charge in [-0.05, 0) is 31.0 Å². The Morgan fingerprint density at radius 3 is 2.66 bits per heavy atom. The number of nitrogens with one attached hydrogen (secondary N) is 1. The molecular weight excluding hydrogens is 426 g/mol. The fraction of sp³-hybridized carbons (Fsp3) is 0.375. The number of thioether (sulfide) groups is 1. The van der Waals surface area contributed by atoms with Gasteiger partial charge >= 0.3 is 0 Å². The molecule has 0 atom stereocenters. The Balaban J connectivity index is 1.50. The number of ether oxygens (including phenoxy) is 2. The lowest BCUT2D eigenvalue weighted by Gasteiger charge is -2.18. The summed E-state index contributed by atoms with van der Waals surface area (Å²) in [5, 5.41) is 4.16. The van der Waals surface area contributed by atoms with Gasteiger partial charge in [0.1, 0.15) is 0 Å². The van der Waals surface area contributed by atoms with E-state index >= 15 is 0 Å². The van der Waals surface area contributed by atoms with Crippen LogP contribution in [-0.4, -0.2) is 35.4 Å². The highest BCUT2D eigenvalue weighted by molar-refractivity contribution is 7.99. The zero-order valence-corrected chi connectivity index (χ0v) is 19.1. The molecule has 0 unspecified atom stereocenters. The third-order valence-corrected chi connectivity index (χ3v) is 6.71. The first kappa shape index (κ1) is 22.2. The van der Waals surface area contributed by atoms with Crippen molar-refractivity contribution in [3.8, 4) is 11.5 Å². The highest BCUT2D eigenvalue weighted by atomic mass is 32.2. The van der Waals surface area contributed by atoms with E-state index in [0.29, 0.717) is 34.1 Å². The molecule has 168 valence electrons. The summed E-state index contributed by atoms with van der Waals surface area (Å²) in [5.41, 5.74) is 1.47. The number of nitrogens with zero attached hydrogens (tertiary/aromatic N) is 2. The molecule has 0 saturated heterocycles. The van der Waals surface area contributed by atoms with Crippen molar-refractivity contribution in [2.45, 2.75) is 43.4 Å². The van der Waals surface area contributed by atoms with Gasteiger partial charge in [0.25, 0.3) is 5.56 Å². The van der Waals surface area contributed by atoms with Crippen LogP contribution >= 0.6 is 11.8 Å². The number of hydrogen-bond acceptors (Lipinski definition) is 6. The second kappa shape index (κ2) is 10.1. The summed E-state index contributed by atoms with van der Waals surface area (Å²) in [6.45, 7) is 0.320. The molecule has 0 spiro atoms. The van der Waals surface area contributed by atoms with Gasteiger partial charge in [0, 0.05) is 18.2 Å². The molecule has 0 aliphatic heterocycles. The van der Waals surface area contributed by atoms with Gasteiger partial charge in [0.05, 0.1) is 30.9 Å². The van der Waals surface area contributed by atoms with Gasteiger partial charge in [0.15, 0.2) is 16.7 Å². The lowest BCUT2D eigenvalue weighted by Crippen LogP contribution is -2.28. The van der Waals surface area contributed by atoms with E-state index in [1.54, 1.807) is 18.8 Å². The summed E-state index contributed by atoms with van der Waals surface area (Å²) in [6.07, 6.45) is 4.15. The predicted molar refractivity (Wildman–Crippen MR) is 126 cm³/mol. The number of rotatable bonds is 8. The van der Waals surface area contributed by atoms with Gasteiger partial charge in [-0.15, -0.1) is 0 Å². The molecule has 1 fully saturated rings. The van der Waals surface area contributed by atoms with Crippen LogP contribution in [-0.2, 0) is 11.3 Å². The van der Waals surface area contributed by atoms with Crippen molar-refractivity contribution >= 4 is 28.6 Å². The second-order valence-electron chi connectivity index (χ2n) is 7.74. The van der Waals surface area contributed by atoms with Crippen molar-refractivity contribution in [2.75, 3.05) is 20.0 Å². The van der Waals surface area contributed by atoms with E-state index in [1.807, 2.05) is 42.5 Å². The topological polar surface area (TPSA) is 82.5 Å². The average molecular weight is 454 g/mol. The number of para-hydroxylation sites is 2. The number of methoxy groups -OCH3 is 2. The van der Waals surface area contributed by atoms with Crippen LogP contribution in [0.1, 0.15) is 37.3 Å². The lowest BCUT2D eigenvalue weighted by molar-refractivity contribution is -0.118. The van der Waals surface area contributed by atoms with Crippen molar-refractivity contribution < 1.29 is 14.3 Å². The summed E-state index contributed by atoms with van der Waals surface area (Å²) < 4.78 is 12.5. The van der Waals surface area contributed by atoms with Crippen LogP contribution in [0.5, 0.6) is 11.5 Å². The van der Waals surface area contributed by atoms with E-state index in [1.165, 1.54) is 11.8 Å². The minimum atomic E-state index is -0.139. The summed E-state index contributed by atoms with van der Waals surface area (Å²) in [4.78, 5) is 30.5. The smallest absolute Gasteiger partial charge is 0.262 e. The van der Waals surface area contributed by atoms with E-state index in [2.05, 4.69) is 5.32 Å². The van der Waals surface area contributed by atoms with Crippen LogP contribution in [0.25, 0.3) is 10.9 Å². The summed E-state index contributed by atoms with van der Waals surface area (Å²) in [6, 6.07) is 13.1. The Labute approximate surface area is 191 Å². The van der Waals surface area contributed by atoms with E-state index in [9.17, 15) is 9.59 Å². The standard InChI is InChI=1S/C24H27N3O4S/c1-30-20-13-7-8-16(22(20)31-2)14-25-21(28)15-32-24-26-19-12-6-5-11-18(19)23(29)27(24)17-9-3-4-10-17/h5-8,11-13,17H,3-4,9-10,14-15H2,1-2H3,(H,25,28). The Morgan fingerprint density at radius 1 is 1.12 bits per heavy atom. The molecule has 1 aromatic heterocycles. The molecule has 1 aliphatic carbocycles. The van der Waals surface area contributed by atoms with E-state index in [0.717, 1.165) is 31.2 Å². The van der Waals surface area contributed by atoms with Gasteiger partial charge in [-0.3, -0.25) is 14.2 Å². The van der Waals surface area contributed by atoms with E-state index in [4.69, 9.17) is 14.5 Å². The SMILES string of the molecule is COc1cccc(CNC(=O)CSc2nc3ccccc3c(=O)n2C2CCCC2)c1OC. The first-order chi connectivity index (χ1) is 15.6. The Morgan fingerprint density at radius 2 is 1.91 bits per heavy atom. The van der Waals surface area contributed by atoms with Crippen LogP contribution < -0.4 is 20.3 Å². The number of carbonyl (C=O) groups is 1. The van der Waals surface area contributed by atoms with Crippen LogP contribution in [0.2, 0.25) is 0 Å². The zero-order valence-electron chi connectivity index (χ0n) is 18.3. The van der Waals surface area contributed by atoms with Crippen molar-refractivity contribution in [3.63, 3.8) is 0 Å². The van der Waals surface area contributed by atoms with Crippen molar-refractivity contribution in [1.29, 1.82) is 0 Å². The largest absolute Gasteiger partial charge is 0.493 e. The van der Waals surface area contributed by atoms with Crippen molar-refractivity contribution in [1.82, 2.24) is 14.9 Å². The second-order valence-corrected chi connectivity index (χ2v) is 8.69. The van der Waals surface area contributed by atoms with Gasteiger partial charge in [0.2, 0.25) is 5.91 Å². The summed E-state index contributed by atoms with van der Waals surface area (Å²) >= 11 is 1.31. The molecule has 32 heavy (non-hydrogen) atoms. The Bertz CT molecular complexity index is 1170. The fourth-order valence-electron chi connectivity index (χ4n) is 4.18. The summed E-state index contributed by atoms with van der Waals surface area (Å²) in [5.74, 6) is 1.26. The number of hydrogen-bond donors (Lipinski definition) is 1. The molecule has 8 heteroatoms. The minimum Gasteiger partial charge on any atom is -0.493 e. The molecular formula is C24H27N3O4S. The molecule has 7 nitrogen and oxygen atoms in total. The van der Waals surface area contributed by atoms with Gasteiger partial charge < -0.3 is 14.8 Å². The maximum atomic E-state index is 13.2. The van der Waals surface area contributed by atoms with Crippen LogP contribution in [0.4, 0.5) is 0 Å². The first-order valence-electron chi connectivity index (χ1n) is 10.7. The van der Waals surface area contributed by atoms with Crippen molar-refractivity contribution in [3.05, 3.63) is 58.4 Å². The highest BCUT2D eigenvalue weighted by Crippen LogP contribution is 2.32. The molecule has 1 aliphatic rings. The molecule has 1 heterocycles. The lowest BCUT2D eigenvalue weighted by atomic mass is 10.2. The molecule has 4 rings (SSSR count). The number of benzene rings is 2. The van der Waals surface area contributed by atoms with Crippen molar-refractivity contribution in [2.24, 2.45) is 0 Å². The normalized spacial score (nSPS) is 13.9.